The molecule has 0 saturated heterocycles. The number of hydrogen-bond donors (Lipinski definition) is 2. The van der Waals surface area contributed by atoms with Gasteiger partial charge in [-0.2, -0.15) is 5.26 Å². The average molecular weight is 290 g/mol. The maximum Gasteiger partial charge on any atom is 0.345 e. The lowest BCUT2D eigenvalue weighted by Crippen LogP contribution is -2.00. The summed E-state index contributed by atoms with van der Waals surface area (Å²) in [6.07, 6.45) is 0. The van der Waals surface area contributed by atoms with E-state index in [0.717, 1.165) is 10.4 Å². The van der Waals surface area contributed by atoms with Gasteiger partial charge in [0.15, 0.2) is 0 Å². The summed E-state index contributed by atoms with van der Waals surface area (Å²) in [6.45, 7) is 2.27. The zero-order chi connectivity index (χ0) is 14.7. The monoisotopic (exact) mass is 290 g/mol. The molecule has 2 aromatic rings. The van der Waals surface area contributed by atoms with Crippen LogP contribution in [0.1, 0.15) is 25.7 Å². The van der Waals surface area contributed by atoms with Gasteiger partial charge in [0.25, 0.3) is 0 Å². The van der Waals surface area contributed by atoms with Crippen LogP contribution in [0.3, 0.4) is 0 Å². The number of carboxylic acid groups (broad SMARTS) is 1. The Morgan fingerprint density at radius 2 is 2.25 bits per heavy atom. The van der Waals surface area contributed by atoms with Crippen LogP contribution in [0.5, 0.6) is 0 Å². The van der Waals surface area contributed by atoms with Crippen molar-refractivity contribution in [1.29, 1.82) is 5.26 Å². The van der Waals surface area contributed by atoms with Crippen LogP contribution in [0.4, 0.5) is 10.1 Å². The molecule has 0 fully saturated rings. The van der Waals surface area contributed by atoms with E-state index >= 15 is 0 Å². The lowest BCUT2D eigenvalue weighted by molar-refractivity contribution is 0.0702. The van der Waals surface area contributed by atoms with Gasteiger partial charge in [-0.05, 0) is 36.8 Å². The first-order chi connectivity index (χ1) is 9.51. The zero-order valence-electron chi connectivity index (χ0n) is 10.6. The summed E-state index contributed by atoms with van der Waals surface area (Å²) in [5.74, 6) is -1.50. The number of nitrogens with one attached hydrogen (secondary N) is 1. The molecule has 0 amide bonds. The Hall–Kier alpha value is -2.39. The second-order valence-electron chi connectivity index (χ2n) is 4.16. The summed E-state index contributed by atoms with van der Waals surface area (Å²) < 4.78 is 13.2. The molecule has 0 bridgehead atoms. The van der Waals surface area contributed by atoms with Gasteiger partial charge in [0.2, 0.25) is 0 Å². The fourth-order valence-electron chi connectivity index (χ4n) is 1.72. The Balaban J connectivity index is 2.13. The van der Waals surface area contributed by atoms with Crippen molar-refractivity contribution < 1.29 is 14.3 Å². The predicted molar refractivity (Wildman–Crippen MR) is 74.5 cm³/mol. The molecule has 1 heterocycles. The Morgan fingerprint density at radius 3 is 2.85 bits per heavy atom. The quantitative estimate of drug-likeness (QED) is 0.905. The Bertz CT molecular complexity index is 704. The second kappa shape index (κ2) is 5.72. The summed E-state index contributed by atoms with van der Waals surface area (Å²) in [5.41, 5.74) is 1.46. The van der Waals surface area contributed by atoms with E-state index in [9.17, 15) is 9.18 Å². The van der Waals surface area contributed by atoms with E-state index in [4.69, 9.17) is 10.4 Å². The van der Waals surface area contributed by atoms with Crippen molar-refractivity contribution in [3.8, 4) is 6.07 Å². The van der Waals surface area contributed by atoms with Crippen LogP contribution in [0.25, 0.3) is 0 Å². The lowest BCUT2D eigenvalue weighted by atomic mass is 10.2. The average Bonchev–Trinajstić information content (AvgIpc) is 2.79. The van der Waals surface area contributed by atoms with E-state index < -0.39 is 11.8 Å². The third-order valence-electron chi connectivity index (χ3n) is 2.80. The molecule has 20 heavy (non-hydrogen) atoms. The maximum absolute atomic E-state index is 13.2. The molecular formula is C14H11FN2O2S. The molecule has 0 atom stereocenters. The summed E-state index contributed by atoms with van der Waals surface area (Å²) in [7, 11) is 0. The fourth-order valence-corrected chi connectivity index (χ4v) is 2.60. The molecular weight excluding hydrogens is 279 g/mol. The summed E-state index contributed by atoms with van der Waals surface area (Å²) in [4.78, 5) is 12.1. The Kier molecular flexibility index (Phi) is 4.01. The molecule has 0 aliphatic carbocycles. The molecule has 2 rings (SSSR count). The van der Waals surface area contributed by atoms with Crippen LogP contribution in [0, 0.1) is 24.1 Å². The van der Waals surface area contributed by atoms with E-state index in [0.29, 0.717) is 12.2 Å². The molecule has 0 aliphatic heterocycles. The first-order valence-electron chi connectivity index (χ1n) is 5.77. The minimum absolute atomic E-state index is 0.0248. The molecule has 4 nitrogen and oxygen atoms in total. The van der Waals surface area contributed by atoms with Crippen molar-refractivity contribution in [2.24, 2.45) is 0 Å². The number of hydrogen-bond acceptors (Lipinski definition) is 4. The van der Waals surface area contributed by atoms with Gasteiger partial charge in [0.1, 0.15) is 16.8 Å². The van der Waals surface area contributed by atoms with Gasteiger partial charge in [0.05, 0.1) is 5.56 Å². The normalized spacial score (nSPS) is 10.1. The minimum atomic E-state index is -0.946. The van der Waals surface area contributed by atoms with Crippen LogP contribution in [-0.4, -0.2) is 11.1 Å². The topological polar surface area (TPSA) is 73.1 Å². The van der Waals surface area contributed by atoms with Crippen LogP contribution in [0.2, 0.25) is 0 Å². The van der Waals surface area contributed by atoms with Crippen molar-refractivity contribution in [2.75, 3.05) is 5.32 Å². The van der Waals surface area contributed by atoms with Crippen LogP contribution in [0.15, 0.2) is 24.3 Å². The lowest BCUT2D eigenvalue weighted by Gasteiger charge is -2.06. The highest BCUT2D eigenvalue weighted by atomic mass is 32.1. The number of thiophene rings is 1. The Labute approximate surface area is 119 Å². The van der Waals surface area contributed by atoms with Gasteiger partial charge in [-0.15, -0.1) is 11.3 Å². The maximum atomic E-state index is 13.2. The first kappa shape index (κ1) is 14.0. The number of nitriles is 1. The first-order valence-corrected chi connectivity index (χ1v) is 6.59. The zero-order valence-corrected chi connectivity index (χ0v) is 11.4. The van der Waals surface area contributed by atoms with E-state index in [1.807, 2.05) is 6.92 Å². The van der Waals surface area contributed by atoms with Gasteiger partial charge in [-0.3, -0.25) is 0 Å². The van der Waals surface area contributed by atoms with E-state index in [1.165, 1.54) is 29.5 Å². The Morgan fingerprint density at radius 1 is 1.50 bits per heavy atom. The minimum Gasteiger partial charge on any atom is -0.477 e. The van der Waals surface area contributed by atoms with Gasteiger partial charge >= 0.3 is 5.97 Å². The van der Waals surface area contributed by atoms with Crippen molar-refractivity contribution in [1.82, 2.24) is 0 Å². The van der Waals surface area contributed by atoms with E-state index in [2.05, 4.69) is 5.32 Å². The van der Waals surface area contributed by atoms with Crippen molar-refractivity contribution in [2.45, 2.75) is 13.5 Å². The third-order valence-corrected chi connectivity index (χ3v) is 3.88. The van der Waals surface area contributed by atoms with Gasteiger partial charge in [0, 0.05) is 17.1 Å². The number of rotatable bonds is 4. The molecule has 1 aromatic heterocycles. The number of carbonyl (C=O) groups is 1. The van der Waals surface area contributed by atoms with Gasteiger partial charge in [-0.1, -0.05) is 0 Å². The number of carboxylic acids is 1. The largest absolute Gasteiger partial charge is 0.477 e. The van der Waals surface area contributed by atoms with Gasteiger partial charge < -0.3 is 10.4 Å². The van der Waals surface area contributed by atoms with Crippen molar-refractivity contribution in [3.63, 3.8) is 0 Å². The van der Waals surface area contributed by atoms with E-state index in [-0.39, 0.29) is 10.4 Å². The molecule has 1 aromatic carbocycles. The fraction of sp³-hybridized carbons (Fsp3) is 0.143. The SMILES string of the molecule is Cc1sc(C(=O)O)cc1CNc1ccc(F)c(C#N)c1. The molecule has 0 spiro atoms. The second-order valence-corrected chi connectivity index (χ2v) is 5.41. The number of benzene rings is 1. The number of aryl methyl sites for hydroxylation is 1. The smallest absolute Gasteiger partial charge is 0.345 e. The van der Waals surface area contributed by atoms with Crippen LogP contribution >= 0.6 is 11.3 Å². The highest BCUT2D eigenvalue weighted by Crippen LogP contribution is 2.23. The molecule has 2 N–H and O–H groups in total. The highest BCUT2D eigenvalue weighted by molar-refractivity contribution is 7.14. The molecule has 0 radical (unpaired) electrons. The number of anilines is 1. The van der Waals surface area contributed by atoms with Crippen LogP contribution < -0.4 is 5.32 Å². The summed E-state index contributed by atoms with van der Waals surface area (Å²) >= 11 is 1.22. The number of aromatic carboxylic acids is 1. The third kappa shape index (κ3) is 2.95. The molecule has 102 valence electrons. The molecule has 0 unspecified atom stereocenters. The van der Waals surface area contributed by atoms with Gasteiger partial charge in [-0.25, -0.2) is 9.18 Å². The molecule has 0 saturated carbocycles. The van der Waals surface area contributed by atoms with Crippen molar-refractivity contribution in [3.05, 3.63) is 51.0 Å². The van der Waals surface area contributed by atoms with Crippen LogP contribution in [-0.2, 0) is 6.54 Å². The number of nitrogens with zero attached hydrogens (tertiary/aromatic N) is 1. The molecule has 0 aliphatic rings. The number of halogens is 1. The summed E-state index contributed by atoms with van der Waals surface area (Å²) in [6, 6.07) is 7.58. The predicted octanol–water partition coefficient (Wildman–Crippen LogP) is 3.38. The van der Waals surface area contributed by atoms with Crippen molar-refractivity contribution >= 4 is 23.0 Å². The molecule has 6 heteroatoms. The summed E-state index contributed by atoms with van der Waals surface area (Å²) in [5, 5.41) is 20.7. The van der Waals surface area contributed by atoms with E-state index in [1.54, 1.807) is 12.1 Å². The standard InChI is InChI=1S/C14H11FN2O2S/c1-8-10(5-13(20-8)14(18)19)7-17-11-2-3-12(15)9(4-11)6-16/h2-5,17H,7H2,1H3,(H,18,19). The highest BCUT2D eigenvalue weighted by Gasteiger charge is 2.11.